The van der Waals surface area contributed by atoms with Gasteiger partial charge in [0.15, 0.2) is 0 Å². The molecule has 2 rings (SSSR count). The third-order valence-electron chi connectivity index (χ3n) is 3.80. The summed E-state index contributed by atoms with van der Waals surface area (Å²) < 4.78 is 29.3. The molecule has 2 amide bonds. The summed E-state index contributed by atoms with van der Waals surface area (Å²) >= 11 is 3.39. The van der Waals surface area contributed by atoms with E-state index in [1.54, 1.807) is 23.1 Å². The van der Waals surface area contributed by atoms with Crippen LogP contribution < -0.4 is 9.50 Å². The van der Waals surface area contributed by atoms with E-state index >= 15 is 0 Å². The quantitative estimate of drug-likeness (QED) is 0.560. The standard InChI is InChI=1S/C20H25BrN2O4S/c1-4-28(25,26)27-19-10-5-7-16(11-19)14-23(13-15(2)3)20(24)22-18-9-6-8-17(21)12-18/h5-12,15H,4,13-14H2,1-3H3,(H,22,24). The number of hydrogen-bond donors (Lipinski definition) is 1. The van der Waals surface area contributed by atoms with E-state index in [9.17, 15) is 13.2 Å². The molecule has 28 heavy (non-hydrogen) atoms. The van der Waals surface area contributed by atoms with Crippen LogP contribution in [0.4, 0.5) is 10.5 Å². The zero-order chi connectivity index (χ0) is 20.7. The lowest BCUT2D eigenvalue weighted by atomic mass is 10.1. The van der Waals surface area contributed by atoms with Gasteiger partial charge in [-0.3, -0.25) is 0 Å². The number of urea groups is 1. The zero-order valence-corrected chi connectivity index (χ0v) is 18.6. The number of rotatable bonds is 8. The summed E-state index contributed by atoms with van der Waals surface area (Å²) in [6.07, 6.45) is 0. The number of carbonyl (C=O) groups is 1. The Morgan fingerprint density at radius 2 is 1.89 bits per heavy atom. The number of anilines is 1. The van der Waals surface area contributed by atoms with Crippen LogP contribution in [-0.2, 0) is 16.7 Å². The van der Waals surface area contributed by atoms with E-state index in [0.29, 0.717) is 18.8 Å². The molecule has 6 nitrogen and oxygen atoms in total. The van der Waals surface area contributed by atoms with Crippen molar-refractivity contribution < 1.29 is 17.4 Å². The van der Waals surface area contributed by atoms with Crippen LogP contribution in [0.15, 0.2) is 53.0 Å². The molecule has 2 aromatic carbocycles. The Kier molecular flexibility index (Phi) is 7.88. The van der Waals surface area contributed by atoms with E-state index in [1.165, 1.54) is 6.92 Å². The van der Waals surface area contributed by atoms with Gasteiger partial charge in [-0.1, -0.05) is 48.0 Å². The monoisotopic (exact) mass is 468 g/mol. The molecule has 0 atom stereocenters. The van der Waals surface area contributed by atoms with Crippen LogP contribution in [0.5, 0.6) is 5.75 Å². The topological polar surface area (TPSA) is 75.7 Å². The van der Waals surface area contributed by atoms with E-state index in [2.05, 4.69) is 21.2 Å². The molecule has 0 saturated carbocycles. The van der Waals surface area contributed by atoms with Gasteiger partial charge in [-0.25, -0.2) is 4.79 Å². The van der Waals surface area contributed by atoms with E-state index in [0.717, 1.165) is 10.0 Å². The van der Waals surface area contributed by atoms with E-state index in [1.807, 2.05) is 44.2 Å². The predicted molar refractivity (Wildman–Crippen MR) is 115 cm³/mol. The molecule has 0 aliphatic heterocycles. The summed E-state index contributed by atoms with van der Waals surface area (Å²) in [5.41, 5.74) is 1.48. The van der Waals surface area contributed by atoms with Crippen molar-refractivity contribution in [1.82, 2.24) is 4.90 Å². The number of carbonyl (C=O) groups excluding carboxylic acids is 1. The molecule has 0 aromatic heterocycles. The van der Waals surface area contributed by atoms with Gasteiger partial charge in [0.2, 0.25) is 0 Å². The molecule has 2 aromatic rings. The zero-order valence-electron chi connectivity index (χ0n) is 16.2. The van der Waals surface area contributed by atoms with Crippen molar-refractivity contribution in [2.45, 2.75) is 27.3 Å². The summed E-state index contributed by atoms with van der Waals surface area (Å²) in [5, 5.41) is 2.90. The second-order valence-electron chi connectivity index (χ2n) is 6.79. The Balaban J connectivity index is 2.16. The first-order valence-electron chi connectivity index (χ1n) is 9.01. The van der Waals surface area contributed by atoms with Crippen LogP contribution in [0.3, 0.4) is 0 Å². The van der Waals surface area contributed by atoms with Crippen molar-refractivity contribution in [3.8, 4) is 5.75 Å². The third kappa shape index (κ3) is 7.16. The van der Waals surface area contributed by atoms with Crippen molar-refractivity contribution >= 4 is 37.8 Å². The van der Waals surface area contributed by atoms with Crippen LogP contribution in [0, 0.1) is 5.92 Å². The molecule has 0 bridgehead atoms. The van der Waals surface area contributed by atoms with Gasteiger partial charge in [-0.2, -0.15) is 8.42 Å². The molecular formula is C20H25BrN2O4S. The lowest BCUT2D eigenvalue weighted by Gasteiger charge is -2.25. The van der Waals surface area contributed by atoms with Gasteiger partial charge in [0.25, 0.3) is 0 Å². The van der Waals surface area contributed by atoms with Gasteiger partial charge in [0.05, 0.1) is 5.75 Å². The van der Waals surface area contributed by atoms with Crippen LogP contribution in [0.25, 0.3) is 0 Å². The largest absolute Gasteiger partial charge is 0.382 e. The van der Waals surface area contributed by atoms with E-state index in [4.69, 9.17) is 4.18 Å². The lowest BCUT2D eigenvalue weighted by Crippen LogP contribution is -2.37. The number of halogens is 1. The summed E-state index contributed by atoms with van der Waals surface area (Å²) in [6.45, 7) is 6.48. The fraction of sp³-hybridized carbons (Fsp3) is 0.350. The molecule has 152 valence electrons. The maximum absolute atomic E-state index is 12.8. The number of hydrogen-bond acceptors (Lipinski definition) is 4. The highest BCUT2D eigenvalue weighted by Gasteiger charge is 2.17. The summed E-state index contributed by atoms with van der Waals surface area (Å²) in [7, 11) is -3.60. The second-order valence-corrected chi connectivity index (χ2v) is 9.57. The number of benzene rings is 2. The van der Waals surface area contributed by atoms with Gasteiger partial charge < -0.3 is 14.4 Å². The van der Waals surface area contributed by atoms with Crippen molar-refractivity contribution in [2.75, 3.05) is 17.6 Å². The van der Waals surface area contributed by atoms with Gasteiger partial charge in [0.1, 0.15) is 5.75 Å². The Morgan fingerprint density at radius 3 is 2.54 bits per heavy atom. The van der Waals surface area contributed by atoms with Crippen LogP contribution in [0.1, 0.15) is 26.3 Å². The minimum Gasteiger partial charge on any atom is -0.382 e. The molecule has 0 aliphatic rings. The first kappa shape index (κ1) is 22.2. The molecule has 0 aliphatic carbocycles. The minimum atomic E-state index is -3.60. The molecule has 0 radical (unpaired) electrons. The van der Waals surface area contributed by atoms with E-state index < -0.39 is 10.1 Å². The van der Waals surface area contributed by atoms with Crippen molar-refractivity contribution in [2.24, 2.45) is 5.92 Å². The normalized spacial score (nSPS) is 11.3. The molecule has 1 N–H and O–H groups in total. The predicted octanol–water partition coefficient (Wildman–Crippen LogP) is 4.87. The number of nitrogens with zero attached hydrogens (tertiary/aromatic N) is 1. The molecule has 8 heteroatoms. The highest BCUT2D eigenvalue weighted by atomic mass is 79.9. The molecule has 0 heterocycles. The third-order valence-corrected chi connectivity index (χ3v) is 5.44. The fourth-order valence-electron chi connectivity index (χ4n) is 2.55. The molecule has 0 saturated heterocycles. The van der Waals surface area contributed by atoms with Crippen LogP contribution >= 0.6 is 15.9 Å². The number of nitrogens with one attached hydrogen (secondary N) is 1. The number of amides is 2. The van der Waals surface area contributed by atoms with Gasteiger partial charge in [0, 0.05) is 23.2 Å². The first-order valence-corrected chi connectivity index (χ1v) is 11.4. The Hall–Kier alpha value is -2.06. The van der Waals surface area contributed by atoms with Gasteiger partial charge >= 0.3 is 16.1 Å². The molecule has 0 unspecified atom stereocenters. The Morgan fingerprint density at radius 1 is 1.18 bits per heavy atom. The van der Waals surface area contributed by atoms with Crippen LogP contribution in [-0.4, -0.2) is 31.6 Å². The second kappa shape index (κ2) is 9.93. The fourth-order valence-corrected chi connectivity index (χ4v) is 3.46. The van der Waals surface area contributed by atoms with Crippen molar-refractivity contribution in [3.63, 3.8) is 0 Å². The summed E-state index contributed by atoms with van der Waals surface area (Å²) in [4.78, 5) is 14.5. The lowest BCUT2D eigenvalue weighted by molar-refractivity contribution is 0.201. The average Bonchev–Trinajstić information content (AvgIpc) is 2.61. The Labute approximate surface area is 175 Å². The highest BCUT2D eigenvalue weighted by Crippen LogP contribution is 2.20. The van der Waals surface area contributed by atoms with Gasteiger partial charge in [-0.05, 0) is 48.7 Å². The maximum atomic E-state index is 12.8. The Bertz CT molecular complexity index is 916. The van der Waals surface area contributed by atoms with Crippen LogP contribution in [0.2, 0.25) is 0 Å². The van der Waals surface area contributed by atoms with Crippen molar-refractivity contribution in [1.29, 1.82) is 0 Å². The SMILES string of the molecule is CCS(=O)(=O)Oc1cccc(CN(CC(C)C)C(=O)Nc2cccc(Br)c2)c1. The maximum Gasteiger partial charge on any atom is 0.322 e. The smallest absolute Gasteiger partial charge is 0.322 e. The van der Waals surface area contributed by atoms with E-state index in [-0.39, 0.29) is 23.5 Å². The van der Waals surface area contributed by atoms with Gasteiger partial charge in [-0.15, -0.1) is 0 Å². The highest BCUT2D eigenvalue weighted by molar-refractivity contribution is 9.10. The first-order chi connectivity index (χ1) is 13.2. The summed E-state index contributed by atoms with van der Waals surface area (Å²) in [5.74, 6) is 0.413. The molecular weight excluding hydrogens is 444 g/mol. The average molecular weight is 469 g/mol. The molecule has 0 spiro atoms. The minimum absolute atomic E-state index is 0.105. The molecule has 0 fully saturated rings. The van der Waals surface area contributed by atoms with Crippen molar-refractivity contribution in [3.05, 3.63) is 58.6 Å². The summed E-state index contributed by atoms with van der Waals surface area (Å²) in [6, 6.07) is 14.0.